The smallest absolute Gasteiger partial charge is 0.233 e. The number of likely N-dealkylation sites (tertiary alicyclic amines) is 1. The molecule has 2 aliphatic carbocycles. The predicted octanol–water partition coefficient (Wildman–Crippen LogP) is 3.01. The van der Waals surface area contributed by atoms with Gasteiger partial charge in [-0.15, -0.1) is 0 Å². The average molecular weight is 275 g/mol. The number of amides is 2. The van der Waals surface area contributed by atoms with E-state index in [1.807, 2.05) is 0 Å². The van der Waals surface area contributed by atoms with Crippen molar-refractivity contribution < 1.29 is 9.59 Å². The number of allylic oxidation sites excluding steroid dienone is 2. The first-order valence-corrected chi connectivity index (χ1v) is 8.20. The second-order valence-electron chi connectivity index (χ2n) is 6.70. The number of hydrogen-bond donors (Lipinski definition) is 0. The molecule has 0 spiro atoms. The first kappa shape index (κ1) is 13.8. The summed E-state index contributed by atoms with van der Waals surface area (Å²) in [5, 5.41) is 0. The summed E-state index contributed by atoms with van der Waals surface area (Å²) in [7, 11) is 0. The van der Waals surface area contributed by atoms with E-state index in [1.54, 1.807) is 4.90 Å². The first-order valence-electron chi connectivity index (χ1n) is 8.20. The molecule has 3 aliphatic rings. The van der Waals surface area contributed by atoms with Gasteiger partial charge in [-0.1, -0.05) is 45.3 Å². The van der Waals surface area contributed by atoms with Gasteiger partial charge in [-0.2, -0.15) is 0 Å². The highest BCUT2D eigenvalue weighted by Gasteiger charge is 2.59. The zero-order valence-electron chi connectivity index (χ0n) is 12.5. The minimum absolute atomic E-state index is 0.0267. The van der Waals surface area contributed by atoms with Crippen LogP contribution in [0.15, 0.2) is 12.2 Å². The minimum Gasteiger partial charge on any atom is -0.282 e. The highest BCUT2D eigenvalue weighted by Crippen LogP contribution is 2.52. The maximum absolute atomic E-state index is 12.6. The summed E-state index contributed by atoms with van der Waals surface area (Å²) >= 11 is 0. The summed E-state index contributed by atoms with van der Waals surface area (Å²) in [6.07, 6.45) is 9.89. The number of imide groups is 1. The third-order valence-corrected chi connectivity index (χ3v) is 5.55. The summed E-state index contributed by atoms with van der Waals surface area (Å²) < 4.78 is 0. The van der Waals surface area contributed by atoms with Crippen molar-refractivity contribution in [2.75, 3.05) is 6.54 Å². The number of carbonyl (C=O) groups is 2. The Balaban J connectivity index is 1.70. The van der Waals surface area contributed by atoms with Gasteiger partial charge in [0.05, 0.1) is 11.8 Å². The zero-order chi connectivity index (χ0) is 14.3. The van der Waals surface area contributed by atoms with E-state index in [2.05, 4.69) is 26.0 Å². The molecule has 3 heteroatoms. The molecule has 2 fully saturated rings. The fourth-order valence-electron chi connectivity index (χ4n) is 4.32. The molecule has 0 aromatic rings. The van der Waals surface area contributed by atoms with Gasteiger partial charge < -0.3 is 0 Å². The van der Waals surface area contributed by atoms with Gasteiger partial charge in [0.15, 0.2) is 0 Å². The van der Waals surface area contributed by atoms with Crippen LogP contribution < -0.4 is 0 Å². The molecule has 0 radical (unpaired) electrons. The lowest BCUT2D eigenvalue weighted by Crippen LogP contribution is -2.37. The highest BCUT2D eigenvalue weighted by molar-refractivity contribution is 6.06. The second kappa shape index (κ2) is 5.34. The van der Waals surface area contributed by atoms with E-state index in [4.69, 9.17) is 0 Å². The molecule has 1 heterocycles. The molecule has 0 aromatic heterocycles. The van der Waals surface area contributed by atoms with Gasteiger partial charge in [-0.3, -0.25) is 14.5 Å². The summed E-state index contributed by atoms with van der Waals surface area (Å²) in [6, 6.07) is 0. The van der Waals surface area contributed by atoms with Gasteiger partial charge >= 0.3 is 0 Å². The number of hydrogen-bond acceptors (Lipinski definition) is 2. The van der Waals surface area contributed by atoms with E-state index in [0.717, 1.165) is 19.3 Å². The molecule has 3 rings (SSSR count). The number of fused-ring (bicyclic) bond motifs is 5. The van der Waals surface area contributed by atoms with E-state index < -0.39 is 0 Å². The lowest BCUT2D eigenvalue weighted by Gasteiger charge is -2.23. The van der Waals surface area contributed by atoms with Gasteiger partial charge in [-0.25, -0.2) is 0 Å². The molecular weight excluding hydrogens is 250 g/mol. The molecule has 110 valence electrons. The van der Waals surface area contributed by atoms with Crippen molar-refractivity contribution >= 4 is 11.8 Å². The Morgan fingerprint density at radius 3 is 2.25 bits per heavy atom. The Morgan fingerprint density at radius 2 is 1.75 bits per heavy atom. The van der Waals surface area contributed by atoms with Crippen molar-refractivity contribution in [1.29, 1.82) is 0 Å². The Labute approximate surface area is 121 Å². The zero-order valence-corrected chi connectivity index (χ0v) is 12.5. The van der Waals surface area contributed by atoms with E-state index in [1.165, 1.54) is 12.8 Å². The number of rotatable bonds is 6. The molecule has 0 unspecified atom stereocenters. The SMILES string of the molecule is CCCC[C@H](CC)CN1C(=O)[C@@H]2[C@@H](C1=O)[C@H]1C=C[C@H]2C1. The number of carbonyl (C=O) groups excluding carboxylic acids is 2. The first-order chi connectivity index (χ1) is 9.67. The number of unbranched alkanes of at least 4 members (excludes halogenated alkanes) is 1. The van der Waals surface area contributed by atoms with E-state index in [-0.39, 0.29) is 23.7 Å². The van der Waals surface area contributed by atoms with Crippen molar-refractivity contribution in [2.45, 2.75) is 46.0 Å². The van der Waals surface area contributed by atoms with Crippen molar-refractivity contribution in [3.05, 3.63) is 12.2 Å². The largest absolute Gasteiger partial charge is 0.282 e. The van der Waals surface area contributed by atoms with Crippen LogP contribution in [0.5, 0.6) is 0 Å². The van der Waals surface area contributed by atoms with Crippen LogP contribution in [-0.4, -0.2) is 23.3 Å². The summed E-state index contributed by atoms with van der Waals surface area (Å²) in [6.45, 7) is 5.00. The van der Waals surface area contributed by atoms with Crippen LogP contribution >= 0.6 is 0 Å². The van der Waals surface area contributed by atoms with Crippen LogP contribution in [0.4, 0.5) is 0 Å². The maximum Gasteiger partial charge on any atom is 0.233 e. The maximum atomic E-state index is 12.6. The van der Waals surface area contributed by atoms with Gasteiger partial charge in [0, 0.05) is 6.54 Å². The van der Waals surface area contributed by atoms with Crippen molar-refractivity contribution in [1.82, 2.24) is 4.90 Å². The minimum atomic E-state index is -0.0267. The molecule has 3 nitrogen and oxygen atoms in total. The topological polar surface area (TPSA) is 37.4 Å². The molecule has 1 aliphatic heterocycles. The molecule has 1 saturated carbocycles. The third kappa shape index (κ3) is 2.02. The Bertz CT molecular complexity index is 412. The van der Waals surface area contributed by atoms with Gasteiger partial charge in [0.25, 0.3) is 0 Å². The molecule has 20 heavy (non-hydrogen) atoms. The molecule has 0 aromatic carbocycles. The van der Waals surface area contributed by atoms with Crippen LogP contribution in [0, 0.1) is 29.6 Å². The lowest BCUT2D eigenvalue weighted by molar-refractivity contribution is -0.141. The predicted molar refractivity (Wildman–Crippen MR) is 77.7 cm³/mol. The molecule has 2 bridgehead atoms. The standard InChI is InChI=1S/C17H25NO2/c1-3-5-6-11(4-2)10-18-16(19)14-12-7-8-13(9-12)15(14)17(18)20/h7-8,11-15H,3-6,9-10H2,1-2H3/t11-,12-,13-,14-,15-/m0/s1. The van der Waals surface area contributed by atoms with Crippen molar-refractivity contribution in [3.8, 4) is 0 Å². The highest BCUT2D eigenvalue weighted by atomic mass is 16.2. The molecule has 2 amide bonds. The van der Waals surface area contributed by atoms with E-state index in [9.17, 15) is 9.59 Å². The third-order valence-electron chi connectivity index (χ3n) is 5.55. The van der Waals surface area contributed by atoms with Gasteiger partial charge in [-0.05, 0) is 30.6 Å². The average Bonchev–Trinajstić information content (AvgIpc) is 3.12. The van der Waals surface area contributed by atoms with E-state index >= 15 is 0 Å². The summed E-state index contributed by atoms with van der Waals surface area (Å²) in [5.74, 6) is 1.33. The Kier molecular flexibility index (Phi) is 3.70. The van der Waals surface area contributed by atoms with Crippen molar-refractivity contribution in [2.24, 2.45) is 29.6 Å². The van der Waals surface area contributed by atoms with Crippen LogP contribution in [-0.2, 0) is 9.59 Å². The second-order valence-corrected chi connectivity index (χ2v) is 6.70. The monoisotopic (exact) mass is 275 g/mol. The molecular formula is C17H25NO2. The van der Waals surface area contributed by atoms with Crippen LogP contribution in [0.2, 0.25) is 0 Å². The number of nitrogens with zero attached hydrogens (tertiary/aromatic N) is 1. The Morgan fingerprint density at radius 1 is 1.15 bits per heavy atom. The van der Waals surface area contributed by atoms with Gasteiger partial charge in [0.2, 0.25) is 11.8 Å². The molecule has 5 atom stereocenters. The lowest BCUT2D eigenvalue weighted by atomic mass is 9.85. The summed E-state index contributed by atoms with van der Waals surface area (Å²) in [5.41, 5.74) is 0. The van der Waals surface area contributed by atoms with Crippen LogP contribution in [0.1, 0.15) is 46.0 Å². The van der Waals surface area contributed by atoms with Crippen LogP contribution in [0.25, 0.3) is 0 Å². The fourth-order valence-corrected chi connectivity index (χ4v) is 4.32. The normalized spacial score (nSPS) is 36.0. The van der Waals surface area contributed by atoms with Crippen LogP contribution in [0.3, 0.4) is 0 Å². The van der Waals surface area contributed by atoms with Gasteiger partial charge in [0.1, 0.15) is 0 Å². The fraction of sp³-hybridized carbons (Fsp3) is 0.765. The molecule has 0 N–H and O–H groups in total. The quantitative estimate of drug-likeness (QED) is 0.552. The molecule has 1 saturated heterocycles. The Hall–Kier alpha value is -1.12. The van der Waals surface area contributed by atoms with E-state index in [0.29, 0.717) is 24.3 Å². The summed E-state index contributed by atoms with van der Waals surface area (Å²) in [4.78, 5) is 26.8. The van der Waals surface area contributed by atoms with Crippen molar-refractivity contribution in [3.63, 3.8) is 0 Å².